The first-order valence-corrected chi connectivity index (χ1v) is 13.6. The van der Waals surface area contributed by atoms with E-state index in [9.17, 15) is 21.6 Å². The lowest BCUT2D eigenvalue weighted by molar-refractivity contribution is -0.164. The molecule has 0 radical (unpaired) electrons. The number of benzene rings is 1. The molecule has 2 heterocycles. The zero-order valence-electron chi connectivity index (χ0n) is 21.5. The van der Waals surface area contributed by atoms with Gasteiger partial charge >= 0.3 is 6.18 Å². The third-order valence-corrected chi connectivity index (χ3v) is 7.51. The molecule has 0 fully saturated rings. The van der Waals surface area contributed by atoms with Gasteiger partial charge in [0.15, 0.2) is 12.4 Å². The summed E-state index contributed by atoms with van der Waals surface area (Å²) in [5, 5.41) is 3.90. The van der Waals surface area contributed by atoms with Crippen LogP contribution in [-0.4, -0.2) is 50.6 Å². The Morgan fingerprint density at radius 1 is 1.34 bits per heavy atom. The number of halogens is 4. The van der Waals surface area contributed by atoms with E-state index in [-0.39, 0.29) is 27.7 Å². The highest BCUT2D eigenvalue weighted by Gasteiger charge is 2.30. The lowest BCUT2D eigenvalue weighted by Crippen LogP contribution is -2.36. The first-order valence-electron chi connectivity index (χ1n) is 11.7. The lowest BCUT2D eigenvalue weighted by atomic mass is 9.93. The van der Waals surface area contributed by atoms with E-state index in [1.54, 1.807) is 24.3 Å². The molecule has 0 saturated heterocycles. The van der Waals surface area contributed by atoms with Gasteiger partial charge in [0.1, 0.15) is 5.02 Å². The van der Waals surface area contributed by atoms with Crippen LogP contribution in [0.3, 0.4) is 0 Å². The molecule has 1 aromatic carbocycles. The number of alkyl halides is 3. The van der Waals surface area contributed by atoms with Crippen LogP contribution < -0.4 is 4.72 Å². The van der Waals surface area contributed by atoms with Gasteiger partial charge in [-0.15, -0.1) is 0 Å². The predicted molar refractivity (Wildman–Crippen MR) is 140 cm³/mol. The third-order valence-electron chi connectivity index (χ3n) is 5.82. The maximum absolute atomic E-state index is 13.1. The van der Waals surface area contributed by atoms with Gasteiger partial charge < -0.3 is 9.26 Å². The Balaban J connectivity index is 1.71. The summed E-state index contributed by atoms with van der Waals surface area (Å²) >= 11 is 6.31. The molecule has 0 spiro atoms. The molecule has 1 atom stereocenters. The summed E-state index contributed by atoms with van der Waals surface area (Å²) in [6, 6.07) is 4.84. The summed E-state index contributed by atoms with van der Waals surface area (Å²) in [5.41, 5.74) is 1.42. The summed E-state index contributed by atoms with van der Waals surface area (Å²) in [7, 11) is -3.99. The Kier molecular flexibility index (Phi) is 9.00. The minimum absolute atomic E-state index is 0.0594. The van der Waals surface area contributed by atoms with Crippen LogP contribution in [0.2, 0.25) is 5.02 Å². The second-order valence-corrected chi connectivity index (χ2v) is 11.9. The van der Waals surface area contributed by atoms with Crippen molar-refractivity contribution in [2.24, 2.45) is 4.99 Å². The van der Waals surface area contributed by atoms with Crippen LogP contribution in [0.4, 0.5) is 19.0 Å². The fourth-order valence-corrected chi connectivity index (χ4v) is 5.30. The first kappa shape index (κ1) is 29.7. The van der Waals surface area contributed by atoms with E-state index in [1.807, 2.05) is 27.7 Å². The smallest absolute Gasteiger partial charge is 0.422 e. The topological polar surface area (TPSA) is 97.0 Å². The van der Waals surface area contributed by atoms with Crippen molar-refractivity contribution in [1.82, 2.24) is 10.1 Å². The number of nitrogens with one attached hydrogen (secondary N) is 1. The van der Waals surface area contributed by atoms with Crippen molar-refractivity contribution in [2.75, 3.05) is 17.9 Å². The summed E-state index contributed by atoms with van der Waals surface area (Å²) in [5.74, 6) is 0.0621. The number of aromatic nitrogens is 1. The number of rotatable bonds is 9. The highest BCUT2D eigenvalue weighted by atomic mass is 35.5. The molecule has 0 bridgehead atoms. The van der Waals surface area contributed by atoms with Gasteiger partial charge in [-0.1, -0.05) is 55.7 Å². The molecule has 1 aliphatic rings. The van der Waals surface area contributed by atoms with Gasteiger partial charge in [-0.2, -0.15) is 13.2 Å². The number of fused-ring (bicyclic) bond motifs is 1. The van der Waals surface area contributed by atoms with Gasteiger partial charge in [0.2, 0.25) is 11.7 Å². The number of anilines is 1. The van der Waals surface area contributed by atoms with Gasteiger partial charge in [-0.25, -0.2) is 13.4 Å². The minimum Gasteiger partial charge on any atom is -0.468 e. The third kappa shape index (κ3) is 7.61. The van der Waals surface area contributed by atoms with Crippen molar-refractivity contribution >= 4 is 34.2 Å². The fourth-order valence-electron chi connectivity index (χ4n) is 3.79. The largest absolute Gasteiger partial charge is 0.468 e. The van der Waals surface area contributed by atoms with Gasteiger partial charge in [-0.05, 0) is 49.4 Å². The maximum atomic E-state index is 13.1. The molecular formula is C25H30ClF3N4O4S. The fraction of sp³-hybridized carbons (Fsp3) is 0.440. The number of aliphatic imine (C=N–C) groups is 1. The lowest BCUT2D eigenvalue weighted by Gasteiger charge is -2.32. The average Bonchev–Trinajstić information content (AvgIpc) is 3.19. The van der Waals surface area contributed by atoms with Crippen LogP contribution in [0.25, 0.3) is 0 Å². The number of allylic oxidation sites excluding steroid dienone is 2. The highest BCUT2D eigenvalue weighted by Crippen LogP contribution is 2.35. The van der Waals surface area contributed by atoms with Gasteiger partial charge in [0, 0.05) is 24.5 Å². The Morgan fingerprint density at radius 2 is 2.05 bits per heavy atom. The molecule has 208 valence electrons. The molecular weight excluding hydrogens is 545 g/mol. The normalized spacial score (nSPS) is 16.4. The Bertz CT molecular complexity index is 1330. The standard InChI is InChI=1S/C25H30ClF3N4O4S/c1-16(7-6-8-20(30-5)36-15-25(27,28)29)33-12-11-17-9-10-19(13-18(17)14-33)38(34,35)32-23-21(26)22(37-31-23)24(2,3)4/h6-10,13,16H,5,11-12,14-15H2,1-4H3,(H,31,32)/b7-6+,20-8+/t16-/m1/s1. The molecule has 13 heteroatoms. The van der Waals surface area contributed by atoms with Gasteiger partial charge in [0.05, 0.1) is 4.90 Å². The maximum Gasteiger partial charge on any atom is 0.422 e. The number of hydrogen-bond acceptors (Lipinski definition) is 7. The van der Waals surface area contributed by atoms with E-state index in [2.05, 4.69) is 31.2 Å². The molecule has 0 unspecified atom stereocenters. The number of nitrogens with zero attached hydrogens (tertiary/aromatic N) is 3. The Labute approximate surface area is 225 Å². The van der Waals surface area contributed by atoms with E-state index in [0.29, 0.717) is 25.3 Å². The molecule has 0 amide bonds. The van der Waals surface area contributed by atoms with E-state index < -0.39 is 28.2 Å². The molecule has 0 aliphatic carbocycles. The van der Waals surface area contributed by atoms with Crippen molar-refractivity contribution in [2.45, 2.75) is 63.2 Å². The molecule has 1 aromatic heterocycles. The summed E-state index contributed by atoms with van der Waals surface area (Å²) < 4.78 is 75.5. The molecule has 3 rings (SSSR count). The van der Waals surface area contributed by atoms with Crippen molar-refractivity contribution in [3.05, 3.63) is 64.2 Å². The SMILES string of the molecule is C=N/C(=C\C=C\[C@@H](C)N1CCc2ccc(S(=O)(=O)Nc3noc(C(C)(C)C)c3Cl)cc2C1)OCC(F)(F)F. The summed E-state index contributed by atoms with van der Waals surface area (Å²) in [6.45, 7) is 10.5. The van der Waals surface area contributed by atoms with Crippen LogP contribution in [0.15, 0.2) is 56.7 Å². The number of hydrogen-bond donors (Lipinski definition) is 1. The zero-order valence-corrected chi connectivity index (χ0v) is 23.0. The molecule has 38 heavy (non-hydrogen) atoms. The van der Waals surface area contributed by atoms with E-state index in [0.717, 1.165) is 11.1 Å². The van der Waals surface area contributed by atoms with E-state index in [4.69, 9.17) is 16.1 Å². The van der Waals surface area contributed by atoms with Crippen molar-refractivity contribution in [1.29, 1.82) is 0 Å². The second kappa shape index (κ2) is 11.5. The predicted octanol–water partition coefficient (Wildman–Crippen LogP) is 5.85. The minimum atomic E-state index is -4.47. The Morgan fingerprint density at radius 3 is 2.66 bits per heavy atom. The quantitative estimate of drug-likeness (QED) is 0.229. The van der Waals surface area contributed by atoms with Crippen LogP contribution in [-0.2, 0) is 33.1 Å². The van der Waals surface area contributed by atoms with Crippen LogP contribution in [0.5, 0.6) is 0 Å². The van der Waals surface area contributed by atoms with Crippen molar-refractivity contribution < 1.29 is 30.8 Å². The molecule has 8 nitrogen and oxygen atoms in total. The molecule has 0 saturated carbocycles. The number of ether oxygens (including phenoxy) is 1. The van der Waals surface area contributed by atoms with Crippen molar-refractivity contribution in [3.63, 3.8) is 0 Å². The monoisotopic (exact) mass is 574 g/mol. The van der Waals surface area contributed by atoms with Crippen LogP contribution in [0, 0.1) is 0 Å². The van der Waals surface area contributed by atoms with Gasteiger partial charge in [0.25, 0.3) is 10.0 Å². The first-order chi connectivity index (χ1) is 17.6. The average molecular weight is 575 g/mol. The number of sulfonamides is 1. The van der Waals surface area contributed by atoms with E-state index >= 15 is 0 Å². The molecule has 1 N–H and O–H groups in total. The van der Waals surface area contributed by atoms with Gasteiger partial charge in [-0.3, -0.25) is 9.62 Å². The van der Waals surface area contributed by atoms with Crippen LogP contribution in [0.1, 0.15) is 44.6 Å². The zero-order chi connectivity index (χ0) is 28.3. The Hall–Kier alpha value is -2.83. The second-order valence-electron chi connectivity index (χ2n) is 9.87. The summed E-state index contributed by atoms with van der Waals surface area (Å²) in [6.07, 6.45) is 0.882. The summed E-state index contributed by atoms with van der Waals surface area (Å²) in [4.78, 5) is 5.62. The molecule has 2 aromatic rings. The van der Waals surface area contributed by atoms with Crippen molar-refractivity contribution in [3.8, 4) is 0 Å². The highest BCUT2D eigenvalue weighted by molar-refractivity contribution is 7.92. The van der Waals surface area contributed by atoms with E-state index in [1.165, 1.54) is 12.1 Å². The molecule has 1 aliphatic heterocycles. The van der Waals surface area contributed by atoms with Crippen LogP contribution >= 0.6 is 11.6 Å².